The summed E-state index contributed by atoms with van der Waals surface area (Å²) in [5.41, 5.74) is 2.33. The molecule has 1 aliphatic heterocycles. The molecule has 4 nitrogen and oxygen atoms in total. The molecule has 0 spiro atoms. The summed E-state index contributed by atoms with van der Waals surface area (Å²) in [4.78, 5) is 12.0. The van der Waals surface area contributed by atoms with E-state index in [1.807, 2.05) is 13.0 Å². The zero-order valence-corrected chi connectivity index (χ0v) is 12.4. The molecule has 0 atom stereocenters. The average molecular weight is 276 g/mol. The van der Waals surface area contributed by atoms with E-state index in [0.29, 0.717) is 6.54 Å². The smallest absolute Gasteiger partial charge is 0.223 e. The number of amides is 1. The van der Waals surface area contributed by atoms with Crippen LogP contribution in [0.5, 0.6) is 5.75 Å². The van der Waals surface area contributed by atoms with Crippen molar-refractivity contribution in [2.75, 3.05) is 26.7 Å². The minimum Gasteiger partial charge on any atom is -0.496 e. The van der Waals surface area contributed by atoms with Gasteiger partial charge in [-0.25, -0.2) is 0 Å². The Balaban J connectivity index is 1.79. The highest BCUT2D eigenvalue weighted by atomic mass is 16.5. The van der Waals surface area contributed by atoms with Gasteiger partial charge in [0, 0.05) is 12.5 Å². The molecule has 2 rings (SSSR count). The molecule has 1 saturated heterocycles. The first kappa shape index (κ1) is 14.9. The molecule has 0 bridgehead atoms. The third-order valence-electron chi connectivity index (χ3n) is 3.90. The molecule has 1 aliphatic rings. The Kier molecular flexibility index (Phi) is 5.41. The van der Waals surface area contributed by atoms with E-state index in [2.05, 4.69) is 22.8 Å². The van der Waals surface area contributed by atoms with E-state index in [-0.39, 0.29) is 11.8 Å². The van der Waals surface area contributed by atoms with Crippen LogP contribution in [0.1, 0.15) is 24.0 Å². The van der Waals surface area contributed by atoms with Crippen molar-refractivity contribution in [1.29, 1.82) is 0 Å². The first-order valence-electron chi connectivity index (χ1n) is 7.32. The molecule has 110 valence electrons. The lowest BCUT2D eigenvalue weighted by atomic mass is 9.97. The number of hydrogen-bond donors (Lipinski definition) is 2. The summed E-state index contributed by atoms with van der Waals surface area (Å²) in [6, 6.07) is 6.20. The maximum Gasteiger partial charge on any atom is 0.223 e. The van der Waals surface area contributed by atoms with Gasteiger partial charge in [0.1, 0.15) is 5.75 Å². The van der Waals surface area contributed by atoms with Gasteiger partial charge in [0.25, 0.3) is 0 Å². The molecular weight excluding hydrogens is 252 g/mol. The molecule has 2 N–H and O–H groups in total. The monoisotopic (exact) mass is 276 g/mol. The van der Waals surface area contributed by atoms with Crippen molar-refractivity contribution in [1.82, 2.24) is 10.6 Å². The molecule has 0 saturated carbocycles. The van der Waals surface area contributed by atoms with Crippen LogP contribution >= 0.6 is 0 Å². The SMILES string of the molecule is COc1cc(CCNC(=O)C2CCNCC2)ccc1C. The summed E-state index contributed by atoms with van der Waals surface area (Å²) in [6.07, 6.45) is 2.74. The summed E-state index contributed by atoms with van der Waals surface area (Å²) in [5.74, 6) is 1.29. The first-order valence-corrected chi connectivity index (χ1v) is 7.32. The first-order chi connectivity index (χ1) is 9.70. The van der Waals surface area contributed by atoms with Gasteiger partial charge in [-0.1, -0.05) is 12.1 Å². The Morgan fingerprint density at radius 2 is 2.15 bits per heavy atom. The topological polar surface area (TPSA) is 50.4 Å². The Labute approximate surface area is 120 Å². The zero-order chi connectivity index (χ0) is 14.4. The van der Waals surface area contributed by atoms with Gasteiger partial charge in [0.2, 0.25) is 5.91 Å². The minimum absolute atomic E-state index is 0.184. The van der Waals surface area contributed by atoms with E-state index in [0.717, 1.165) is 43.7 Å². The predicted molar refractivity (Wildman–Crippen MR) is 80.0 cm³/mol. The van der Waals surface area contributed by atoms with E-state index in [4.69, 9.17) is 4.74 Å². The van der Waals surface area contributed by atoms with Gasteiger partial charge in [0.15, 0.2) is 0 Å². The Hall–Kier alpha value is -1.55. The molecule has 1 amide bonds. The third-order valence-corrected chi connectivity index (χ3v) is 3.90. The number of nitrogens with one attached hydrogen (secondary N) is 2. The number of hydrogen-bond acceptors (Lipinski definition) is 3. The second kappa shape index (κ2) is 7.29. The lowest BCUT2D eigenvalue weighted by Gasteiger charge is -2.21. The fourth-order valence-electron chi connectivity index (χ4n) is 2.58. The summed E-state index contributed by atoms with van der Waals surface area (Å²) in [7, 11) is 1.69. The van der Waals surface area contributed by atoms with Crippen LogP contribution in [0.2, 0.25) is 0 Å². The van der Waals surface area contributed by atoms with E-state index in [1.165, 1.54) is 5.56 Å². The molecule has 0 unspecified atom stereocenters. The molecule has 1 aromatic carbocycles. The van der Waals surface area contributed by atoms with Gasteiger partial charge in [-0.3, -0.25) is 4.79 Å². The standard InChI is InChI=1S/C16H24N2O2/c1-12-3-4-13(11-15(12)20-2)5-10-18-16(19)14-6-8-17-9-7-14/h3-4,11,14,17H,5-10H2,1-2H3,(H,18,19). The molecular formula is C16H24N2O2. The highest BCUT2D eigenvalue weighted by Gasteiger charge is 2.20. The number of methoxy groups -OCH3 is 1. The average Bonchev–Trinajstić information content (AvgIpc) is 2.49. The molecule has 0 radical (unpaired) electrons. The number of carbonyl (C=O) groups is 1. The fraction of sp³-hybridized carbons (Fsp3) is 0.562. The maximum absolute atomic E-state index is 12.0. The van der Waals surface area contributed by atoms with E-state index in [9.17, 15) is 4.79 Å². The molecule has 0 aliphatic carbocycles. The van der Waals surface area contributed by atoms with E-state index >= 15 is 0 Å². The summed E-state index contributed by atoms with van der Waals surface area (Å²) in [6.45, 7) is 4.62. The molecule has 4 heteroatoms. The highest BCUT2D eigenvalue weighted by molar-refractivity contribution is 5.78. The maximum atomic E-state index is 12.0. The van der Waals surface area contributed by atoms with Crippen LogP contribution in [0.25, 0.3) is 0 Å². The van der Waals surface area contributed by atoms with Crippen LogP contribution in [0.15, 0.2) is 18.2 Å². The molecule has 1 heterocycles. The highest BCUT2D eigenvalue weighted by Crippen LogP contribution is 2.19. The Morgan fingerprint density at radius 1 is 1.40 bits per heavy atom. The number of piperidine rings is 1. The van der Waals surface area contributed by atoms with Crippen LogP contribution < -0.4 is 15.4 Å². The van der Waals surface area contributed by atoms with Crippen molar-refractivity contribution in [3.8, 4) is 5.75 Å². The van der Waals surface area contributed by atoms with Crippen molar-refractivity contribution in [3.05, 3.63) is 29.3 Å². The van der Waals surface area contributed by atoms with Crippen LogP contribution in [0.4, 0.5) is 0 Å². The normalized spacial score (nSPS) is 15.9. The van der Waals surface area contributed by atoms with Crippen molar-refractivity contribution in [2.24, 2.45) is 5.92 Å². The second-order valence-electron chi connectivity index (χ2n) is 5.37. The molecule has 20 heavy (non-hydrogen) atoms. The summed E-state index contributed by atoms with van der Waals surface area (Å²) >= 11 is 0. The summed E-state index contributed by atoms with van der Waals surface area (Å²) in [5, 5.41) is 6.32. The number of ether oxygens (including phenoxy) is 1. The van der Waals surface area contributed by atoms with Gasteiger partial charge < -0.3 is 15.4 Å². The zero-order valence-electron chi connectivity index (χ0n) is 12.4. The Bertz CT molecular complexity index is 454. The van der Waals surface area contributed by atoms with Crippen LogP contribution in [-0.4, -0.2) is 32.7 Å². The van der Waals surface area contributed by atoms with Crippen molar-refractivity contribution in [3.63, 3.8) is 0 Å². The van der Waals surface area contributed by atoms with Gasteiger partial charge in [0.05, 0.1) is 7.11 Å². The molecule has 0 aromatic heterocycles. The van der Waals surface area contributed by atoms with Crippen LogP contribution in [0.3, 0.4) is 0 Å². The van der Waals surface area contributed by atoms with Gasteiger partial charge in [-0.05, 0) is 56.5 Å². The van der Waals surface area contributed by atoms with Crippen molar-refractivity contribution < 1.29 is 9.53 Å². The lowest BCUT2D eigenvalue weighted by Crippen LogP contribution is -2.38. The van der Waals surface area contributed by atoms with E-state index < -0.39 is 0 Å². The van der Waals surface area contributed by atoms with Crippen LogP contribution in [-0.2, 0) is 11.2 Å². The summed E-state index contributed by atoms with van der Waals surface area (Å²) < 4.78 is 5.31. The lowest BCUT2D eigenvalue weighted by molar-refractivity contribution is -0.125. The largest absolute Gasteiger partial charge is 0.496 e. The van der Waals surface area contributed by atoms with Gasteiger partial charge in [-0.2, -0.15) is 0 Å². The molecule has 1 fully saturated rings. The van der Waals surface area contributed by atoms with Gasteiger partial charge in [-0.15, -0.1) is 0 Å². The van der Waals surface area contributed by atoms with E-state index in [1.54, 1.807) is 7.11 Å². The third kappa shape index (κ3) is 3.97. The van der Waals surface area contributed by atoms with Crippen molar-refractivity contribution >= 4 is 5.91 Å². The number of benzene rings is 1. The number of aryl methyl sites for hydroxylation is 1. The van der Waals surface area contributed by atoms with Gasteiger partial charge >= 0.3 is 0 Å². The van der Waals surface area contributed by atoms with Crippen molar-refractivity contribution in [2.45, 2.75) is 26.2 Å². The number of rotatable bonds is 5. The van der Waals surface area contributed by atoms with Crippen LogP contribution in [0, 0.1) is 12.8 Å². The second-order valence-corrected chi connectivity index (χ2v) is 5.37. The number of carbonyl (C=O) groups excluding carboxylic acids is 1. The minimum atomic E-state index is 0.184. The molecule has 1 aromatic rings. The Morgan fingerprint density at radius 3 is 2.85 bits per heavy atom. The quantitative estimate of drug-likeness (QED) is 0.860. The fourth-order valence-corrected chi connectivity index (χ4v) is 2.58. The predicted octanol–water partition coefficient (Wildman–Crippen LogP) is 1.66.